The number of rotatable bonds is 0. The van der Waals surface area contributed by atoms with Crippen molar-refractivity contribution in [2.75, 3.05) is 0 Å². The second-order valence-corrected chi connectivity index (χ2v) is 1.87. The van der Waals surface area contributed by atoms with E-state index in [-0.39, 0.29) is 0 Å². The Labute approximate surface area is 39.9 Å². The summed E-state index contributed by atoms with van der Waals surface area (Å²) < 4.78 is 7.26. The Balaban J connectivity index is 2.40. The van der Waals surface area contributed by atoms with Crippen molar-refractivity contribution in [2.24, 2.45) is 5.73 Å². The van der Waals surface area contributed by atoms with E-state index in [4.69, 9.17) is 7.10 Å². The molecule has 0 amide bonds. The molecule has 1 nitrogen and oxygen atoms in total. The first kappa shape index (κ1) is 3.03. The molecular formula is C5H11N. The molecule has 0 atom stereocenters. The van der Waals surface area contributed by atoms with E-state index < -0.39 is 6.02 Å². The molecule has 6 heavy (non-hydrogen) atoms. The molecule has 1 aliphatic rings. The van der Waals surface area contributed by atoms with Gasteiger partial charge in [-0.25, -0.2) is 0 Å². The van der Waals surface area contributed by atoms with Crippen LogP contribution in [-0.2, 0) is 0 Å². The predicted molar refractivity (Wildman–Crippen MR) is 26.4 cm³/mol. The Kier molecular flexibility index (Phi) is 0.810. The molecular weight excluding hydrogens is 74.1 g/mol. The summed E-state index contributed by atoms with van der Waals surface area (Å²) >= 11 is 0. The van der Waals surface area contributed by atoms with Crippen LogP contribution in [0.4, 0.5) is 0 Å². The van der Waals surface area contributed by atoms with Crippen LogP contribution in [-0.4, -0.2) is 6.02 Å². The normalized spacial score (nSPS) is 33.2. The third kappa shape index (κ3) is 0.716. The van der Waals surface area contributed by atoms with Gasteiger partial charge in [0.15, 0.2) is 0 Å². The van der Waals surface area contributed by atoms with Gasteiger partial charge in [-0.05, 0) is 12.8 Å². The lowest BCUT2D eigenvalue weighted by Crippen LogP contribution is -2.13. The summed E-state index contributed by atoms with van der Waals surface area (Å²) in [6.45, 7) is 0. The molecule has 1 saturated carbocycles. The maximum absolute atomic E-state index is 7.26. The highest BCUT2D eigenvalue weighted by Crippen LogP contribution is 2.14. The fraction of sp³-hybridized carbons (Fsp3) is 1.00. The van der Waals surface area contributed by atoms with Crippen LogP contribution in [0.2, 0.25) is 0 Å². The largest absolute Gasteiger partial charge is 0.328 e. The van der Waals surface area contributed by atoms with E-state index in [9.17, 15) is 0 Å². The molecule has 36 valence electrons. The van der Waals surface area contributed by atoms with Crippen LogP contribution in [0.15, 0.2) is 0 Å². The lowest BCUT2D eigenvalue weighted by Gasteiger charge is -1.92. The summed E-state index contributed by atoms with van der Waals surface area (Å²) in [6.07, 6.45) is 4.10. The van der Waals surface area contributed by atoms with Crippen LogP contribution in [0.5, 0.6) is 0 Å². The van der Waals surface area contributed by atoms with Crippen molar-refractivity contribution in [3.05, 3.63) is 0 Å². The van der Waals surface area contributed by atoms with Crippen LogP contribution in [0.1, 0.15) is 27.1 Å². The summed E-state index contributed by atoms with van der Waals surface area (Å²) in [5, 5.41) is 0. The van der Waals surface area contributed by atoms with E-state index in [2.05, 4.69) is 0 Å². The first-order valence-corrected chi connectivity index (χ1v) is 2.50. The van der Waals surface area contributed by atoms with Crippen LogP contribution < -0.4 is 5.73 Å². The third-order valence-electron chi connectivity index (χ3n) is 1.25. The van der Waals surface area contributed by atoms with Gasteiger partial charge in [0, 0.05) is 7.39 Å². The molecule has 0 aromatic carbocycles. The average molecular weight is 86.2 g/mol. The van der Waals surface area contributed by atoms with E-state index in [1.165, 1.54) is 0 Å². The number of hydrogen-bond acceptors (Lipinski definition) is 1. The van der Waals surface area contributed by atoms with Gasteiger partial charge >= 0.3 is 0 Å². The van der Waals surface area contributed by atoms with E-state index in [0.29, 0.717) is 0 Å². The highest BCUT2D eigenvalue weighted by molar-refractivity contribution is 4.67. The highest BCUT2D eigenvalue weighted by Gasteiger charge is 2.07. The molecule has 0 heterocycles. The molecule has 1 fully saturated rings. The van der Waals surface area contributed by atoms with Crippen molar-refractivity contribution >= 4 is 0 Å². The lowest BCUT2D eigenvalue weighted by molar-refractivity contribution is 0.704. The van der Waals surface area contributed by atoms with Crippen molar-refractivity contribution < 1.29 is 1.37 Å². The molecule has 1 rings (SSSR count). The summed E-state index contributed by atoms with van der Waals surface area (Å²) in [5.74, 6) is 0. The summed E-state index contributed by atoms with van der Waals surface area (Å²) in [6, 6.07) is -0.556. The molecule has 0 spiro atoms. The standard InChI is InChI=1S/C5H11N/c6-5-3-1-2-4-5/h5H,1-4,6H2/i5D. The quantitative estimate of drug-likeness (QED) is 0.465. The maximum Gasteiger partial charge on any atom is 0.0462 e. The molecule has 0 aliphatic heterocycles. The molecule has 0 bridgehead atoms. The SMILES string of the molecule is [2H]C1(N)CCCC1. The average Bonchev–Trinajstić information content (AvgIpc) is 1.84. The third-order valence-corrected chi connectivity index (χ3v) is 1.25. The molecule has 2 N–H and O–H groups in total. The van der Waals surface area contributed by atoms with E-state index in [1.807, 2.05) is 0 Å². The lowest BCUT2D eigenvalue weighted by atomic mass is 10.3. The number of nitrogens with two attached hydrogens (primary N) is 1. The Morgan fingerprint density at radius 2 is 2.00 bits per heavy atom. The van der Waals surface area contributed by atoms with Gasteiger partial charge in [-0.15, -0.1) is 0 Å². The van der Waals surface area contributed by atoms with Gasteiger partial charge in [0.05, 0.1) is 0 Å². The van der Waals surface area contributed by atoms with Crippen LogP contribution in [0, 0.1) is 0 Å². The van der Waals surface area contributed by atoms with Gasteiger partial charge < -0.3 is 5.73 Å². The molecule has 0 saturated heterocycles. The fourth-order valence-electron chi connectivity index (χ4n) is 0.829. The zero-order chi connectivity index (χ0) is 5.33. The van der Waals surface area contributed by atoms with Crippen molar-refractivity contribution in [1.82, 2.24) is 0 Å². The van der Waals surface area contributed by atoms with Crippen molar-refractivity contribution in [3.8, 4) is 0 Å². The maximum atomic E-state index is 7.26. The van der Waals surface area contributed by atoms with Crippen LogP contribution in [0.25, 0.3) is 0 Å². The molecule has 1 aliphatic carbocycles. The van der Waals surface area contributed by atoms with Gasteiger partial charge in [-0.3, -0.25) is 0 Å². The second-order valence-electron chi connectivity index (χ2n) is 1.87. The monoisotopic (exact) mass is 86.1 g/mol. The zero-order valence-electron chi connectivity index (χ0n) is 4.91. The van der Waals surface area contributed by atoms with E-state index in [1.54, 1.807) is 0 Å². The fourth-order valence-corrected chi connectivity index (χ4v) is 0.829. The Morgan fingerprint density at radius 3 is 2.17 bits per heavy atom. The van der Waals surface area contributed by atoms with Gasteiger partial charge in [0.2, 0.25) is 0 Å². The van der Waals surface area contributed by atoms with Gasteiger partial charge in [-0.1, -0.05) is 12.8 Å². The summed E-state index contributed by atoms with van der Waals surface area (Å²) in [4.78, 5) is 0. The second kappa shape index (κ2) is 1.61. The molecule has 1 heteroatoms. The molecule has 0 radical (unpaired) electrons. The van der Waals surface area contributed by atoms with Crippen molar-refractivity contribution in [1.29, 1.82) is 0 Å². The smallest absolute Gasteiger partial charge is 0.0462 e. The Hall–Kier alpha value is -0.0400. The van der Waals surface area contributed by atoms with Gasteiger partial charge in [0.1, 0.15) is 0 Å². The molecule has 0 unspecified atom stereocenters. The van der Waals surface area contributed by atoms with E-state index >= 15 is 0 Å². The zero-order valence-corrected chi connectivity index (χ0v) is 3.91. The summed E-state index contributed by atoms with van der Waals surface area (Å²) in [7, 11) is 0. The minimum Gasteiger partial charge on any atom is -0.328 e. The van der Waals surface area contributed by atoms with E-state index in [0.717, 1.165) is 25.7 Å². The minimum atomic E-state index is -0.556. The van der Waals surface area contributed by atoms with Crippen LogP contribution in [0.3, 0.4) is 0 Å². The van der Waals surface area contributed by atoms with Gasteiger partial charge in [0.25, 0.3) is 0 Å². The summed E-state index contributed by atoms with van der Waals surface area (Å²) in [5.41, 5.74) is 5.44. The Morgan fingerprint density at radius 1 is 1.50 bits per heavy atom. The van der Waals surface area contributed by atoms with Crippen LogP contribution >= 0.6 is 0 Å². The van der Waals surface area contributed by atoms with Crippen molar-refractivity contribution in [3.63, 3.8) is 0 Å². The Bertz CT molecular complexity index is 62.5. The predicted octanol–water partition coefficient (Wildman–Crippen LogP) is 0.888. The minimum absolute atomic E-state index is 0.556. The first-order valence-electron chi connectivity index (χ1n) is 3.00. The number of hydrogen-bond donors (Lipinski definition) is 1. The molecule has 0 aromatic heterocycles. The first-order chi connectivity index (χ1) is 3.21. The topological polar surface area (TPSA) is 26.0 Å². The van der Waals surface area contributed by atoms with Gasteiger partial charge in [-0.2, -0.15) is 0 Å². The van der Waals surface area contributed by atoms with Crippen molar-refractivity contribution in [2.45, 2.75) is 31.7 Å². The molecule has 0 aromatic rings. The highest BCUT2D eigenvalue weighted by atomic mass is 14.6.